The summed E-state index contributed by atoms with van der Waals surface area (Å²) in [5.74, 6) is 0.836. The first-order chi connectivity index (χ1) is 6.83. The van der Waals surface area contributed by atoms with E-state index in [1.54, 1.807) is 0 Å². The highest BCUT2D eigenvalue weighted by Crippen LogP contribution is 2.08. The third kappa shape index (κ3) is 4.53. The molecule has 0 aliphatic rings. The van der Waals surface area contributed by atoms with Gasteiger partial charge < -0.3 is 10.1 Å². The summed E-state index contributed by atoms with van der Waals surface area (Å²) < 4.78 is 6.00. The molecule has 4 nitrogen and oxygen atoms in total. The number of hydrogen-bond acceptors (Lipinski definition) is 4. The van der Waals surface area contributed by atoms with Crippen LogP contribution in [-0.2, 0) is 4.74 Å². The van der Waals surface area contributed by atoms with E-state index in [9.17, 15) is 0 Å². The Morgan fingerprint density at radius 3 is 3.07 bits per heavy atom. The van der Waals surface area contributed by atoms with E-state index in [0.717, 1.165) is 36.6 Å². The molecule has 1 aromatic rings. The molecule has 14 heavy (non-hydrogen) atoms. The molecule has 78 valence electrons. The van der Waals surface area contributed by atoms with E-state index >= 15 is 0 Å². The van der Waals surface area contributed by atoms with Crippen molar-refractivity contribution in [3.63, 3.8) is 0 Å². The van der Waals surface area contributed by atoms with Crippen molar-refractivity contribution in [1.29, 1.82) is 0 Å². The van der Waals surface area contributed by atoms with E-state index in [2.05, 4.69) is 31.2 Å². The van der Waals surface area contributed by atoms with E-state index in [1.807, 2.05) is 13.0 Å². The van der Waals surface area contributed by atoms with E-state index in [-0.39, 0.29) is 0 Å². The predicted molar refractivity (Wildman–Crippen MR) is 59.3 cm³/mol. The number of ether oxygens (including phenoxy) is 1. The molecule has 5 heteroatoms. The Morgan fingerprint density at radius 2 is 2.36 bits per heavy atom. The summed E-state index contributed by atoms with van der Waals surface area (Å²) in [4.78, 5) is 8.00. The zero-order valence-corrected chi connectivity index (χ0v) is 9.75. The number of aromatic nitrogens is 2. The fraction of sp³-hybridized carbons (Fsp3) is 0.556. The average molecular weight is 260 g/mol. The average Bonchev–Trinajstić information content (AvgIpc) is 2.18. The standard InChI is InChI=1S/C9H14BrN3O/c1-2-14-5-3-4-11-9-6-8(10)12-7-13-9/h6-7H,2-5H2,1H3,(H,11,12,13). The zero-order valence-electron chi connectivity index (χ0n) is 8.16. The number of anilines is 1. The molecule has 0 aliphatic heterocycles. The summed E-state index contributed by atoms with van der Waals surface area (Å²) >= 11 is 3.28. The molecule has 1 N–H and O–H groups in total. The van der Waals surface area contributed by atoms with Crippen LogP contribution in [-0.4, -0.2) is 29.7 Å². The van der Waals surface area contributed by atoms with Gasteiger partial charge in [-0.3, -0.25) is 0 Å². The van der Waals surface area contributed by atoms with Crippen molar-refractivity contribution < 1.29 is 4.74 Å². The minimum absolute atomic E-state index is 0.777. The van der Waals surface area contributed by atoms with Crippen LogP contribution >= 0.6 is 15.9 Å². The van der Waals surface area contributed by atoms with Gasteiger partial charge in [-0.05, 0) is 29.3 Å². The molecular weight excluding hydrogens is 246 g/mol. The second-order valence-corrected chi connectivity index (χ2v) is 3.52. The highest BCUT2D eigenvalue weighted by Gasteiger charge is 1.94. The molecular formula is C9H14BrN3O. The maximum atomic E-state index is 5.21. The van der Waals surface area contributed by atoms with Crippen LogP contribution in [0.15, 0.2) is 17.0 Å². The molecule has 0 spiro atoms. The Hall–Kier alpha value is -0.680. The van der Waals surface area contributed by atoms with Gasteiger partial charge in [0, 0.05) is 25.8 Å². The lowest BCUT2D eigenvalue weighted by Gasteiger charge is -2.04. The molecule has 0 atom stereocenters. The Labute approximate surface area is 92.2 Å². The summed E-state index contributed by atoms with van der Waals surface area (Å²) in [6, 6.07) is 1.85. The van der Waals surface area contributed by atoms with Crippen molar-refractivity contribution in [3.05, 3.63) is 17.0 Å². The van der Waals surface area contributed by atoms with Gasteiger partial charge in [-0.1, -0.05) is 0 Å². The van der Waals surface area contributed by atoms with E-state index < -0.39 is 0 Å². The van der Waals surface area contributed by atoms with Crippen LogP contribution in [0.3, 0.4) is 0 Å². The summed E-state index contributed by atoms with van der Waals surface area (Å²) in [6.07, 6.45) is 2.50. The SMILES string of the molecule is CCOCCCNc1cc(Br)ncn1. The van der Waals surface area contributed by atoms with E-state index in [1.165, 1.54) is 6.33 Å². The van der Waals surface area contributed by atoms with Crippen LogP contribution in [0, 0.1) is 0 Å². The molecule has 0 aromatic carbocycles. The van der Waals surface area contributed by atoms with Crippen molar-refractivity contribution >= 4 is 21.7 Å². The van der Waals surface area contributed by atoms with Crippen LogP contribution in [0.25, 0.3) is 0 Å². The molecule has 0 radical (unpaired) electrons. The Morgan fingerprint density at radius 1 is 1.50 bits per heavy atom. The molecule has 1 heterocycles. The van der Waals surface area contributed by atoms with Crippen molar-refractivity contribution in [2.75, 3.05) is 25.1 Å². The molecule has 0 fully saturated rings. The zero-order chi connectivity index (χ0) is 10.2. The highest BCUT2D eigenvalue weighted by atomic mass is 79.9. The van der Waals surface area contributed by atoms with Crippen LogP contribution < -0.4 is 5.32 Å². The van der Waals surface area contributed by atoms with Gasteiger partial charge in [0.05, 0.1) is 0 Å². The lowest BCUT2D eigenvalue weighted by molar-refractivity contribution is 0.147. The second-order valence-electron chi connectivity index (χ2n) is 2.70. The maximum Gasteiger partial charge on any atom is 0.130 e. The number of nitrogens with zero attached hydrogens (tertiary/aromatic N) is 2. The Bertz CT molecular complexity index is 270. The van der Waals surface area contributed by atoms with Gasteiger partial charge in [0.25, 0.3) is 0 Å². The molecule has 0 saturated heterocycles. The van der Waals surface area contributed by atoms with Crippen molar-refractivity contribution in [2.45, 2.75) is 13.3 Å². The predicted octanol–water partition coefficient (Wildman–Crippen LogP) is 2.08. The molecule has 1 aromatic heterocycles. The first-order valence-corrected chi connectivity index (χ1v) is 5.41. The summed E-state index contributed by atoms with van der Waals surface area (Å²) in [7, 11) is 0. The topological polar surface area (TPSA) is 47.0 Å². The lowest BCUT2D eigenvalue weighted by Crippen LogP contribution is -2.06. The normalized spacial score (nSPS) is 10.1. The van der Waals surface area contributed by atoms with Gasteiger partial charge in [0.1, 0.15) is 16.7 Å². The molecule has 0 amide bonds. The third-order valence-corrected chi connectivity index (χ3v) is 2.04. The number of nitrogens with one attached hydrogen (secondary N) is 1. The number of rotatable bonds is 6. The van der Waals surface area contributed by atoms with Crippen molar-refractivity contribution in [3.8, 4) is 0 Å². The quantitative estimate of drug-likeness (QED) is 0.628. The monoisotopic (exact) mass is 259 g/mol. The molecule has 0 saturated carbocycles. The fourth-order valence-electron chi connectivity index (χ4n) is 0.965. The lowest BCUT2D eigenvalue weighted by atomic mass is 10.4. The number of hydrogen-bond donors (Lipinski definition) is 1. The van der Waals surface area contributed by atoms with Crippen molar-refractivity contribution in [1.82, 2.24) is 9.97 Å². The minimum Gasteiger partial charge on any atom is -0.382 e. The first-order valence-electron chi connectivity index (χ1n) is 4.62. The Kier molecular flexibility index (Phi) is 5.47. The smallest absolute Gasteiger partial charge is 0.130 e. The summed E-state index contributed by atoms with van der Waals surface area (Å²) in [5, 5.41) is 3.18. The van der Waals surface area contributed by atoms with Crippen molar-refractivity contribution in [2.24, 2.45) is 0 Å². The van der Waals surface area contributed by atoms with E-state index in [0.29, 0.717) is 0 Å². The maximum absolute atomic E-state index is 5.21. The van der Waals surface area contributed by atoms with Gasteiger partial charge >= 0.3 is 0 Å². The summed E-state index contributed by atoms with van der Waals surface area (Å²) in [5.41, 5.74) is 0. The van der Waals surface area contributed by atoms with Crippen LogP contribution in [0.1, 0.15) is 13.3 Å². The molecule has 0 aliphatic carbocycles. The largest absolute Gasteiger partial charge is 0.382 e. The Balaban J connectivity index is 2.18. The fourth-order valence-corrected chi connectivity index (χ4v) is 1.27. The molecule has 1 rings (SSSR count). The van der Waals surface area contributed by atoms with Gasteiger partial charge in [-0.2, -0.15) is 0 Å². The van der Waals surface area contributed by atoms with Crippen LogP contribution in [0.5, 0.6) is 0 Å². The highest BCUT2D eigenvalue weighted by molar-refractivity contribution is 9.10. The van der Waals surface area contributed by atoms with Crippen LogP contribution in [0.2, 0.25) is 0 Å². The van der Waals surface area contributed by atoms with E-state index in [4.69, 9.17) is 4.74 Å². The minimum atomic E-state index is 0.777. The third-order valence-electron chi connectivity index (χ3n) is 1.61. The van der Waals surface area contributed by atoms with Gasteiger partial charge in [-0.25, -0.2) is 9.97 Å². The van der Waals surface area contributed by atoms with Gasteiger partial charge in [0.2, 0.25) is 0 Å². The summed E-state index contributed by atoms with van der Waals surface area (Å²) in [6.45, 7) is 4.42. The second kappa shape index (κ2) is 6.73. The number of halogens is 1. The van der Waals surface area contributed by atoms with Gasteiger partial charge in [0.15, 0.2) is 0 Å². The molecule has 0 bridgehead atoms. The first kappa shape index (κ1) is 11.4. The molecule has 0 unspecified atom stereocenters. The van der Waals surface area contributed by atoms with Crippen LogP contribution in [0.4, 0.5) is 5.82 Å². The van der Waals surface area contributed by atoms with Gasteiger partial charge in [-0.15, -0.1) is 0 Å².